The lowest BCUT2D eigenvalue weighted by molar-refractivity contribution is 0.151. The van der Waals surface area contributed by atoms with Gasteiger partial charge in [-0.25, -0.2) is 23.7 Å². The molecule has 0 saturated heterocycles. The number of imidazole rings is 1. The average Bonchev–Trinajstić information content (AvgIpc) is 3.23. The third kappa shape index (κ3) is 4.87. The number of aromatic nitrogens is 4. The third-order valence-corrected chi connectivity index (χ3v) is 5.13. The molecule has 2 N–H and O–H groups in total. The van der Waals surface area contributed by atoms with Gasteiger partial charge < -0.3 is 10.3 Å². The molecule has 2 heterocycles. The first kappa shape index (κ1) is 22.1. The van der Waals surface area contributed by atoms with Crippen molar-refractivity contribution in [3.05, 3.63) is 96.4 Å². The van der Waals surface area contributed by atoms with Gasteiger partial charge in [0, 0.05) is 23.0 Å². The fourth-order valence-corrected chi connectivity index (χ4v) is 3.42. The van der Waals surface area contributed by atoms with E-state index in [-0.39, 0.29) is 5.56 Å². The van der Waals surface area contributed by atoms with Crippen molar-refractivity contribution in [1.29, 1.82) is 0 Å². The van der Waals surface area contributed by atoms with E-state index < -0.39 is 6.43 Å². The number of allylic oxidation sites excluding steroid dienone is 5. The summed E-state index contributed by atoms with van der Waals surface area (Å²) in [5.74, 6) is 0.982. The zero-order chi connectivity index (χ0) is 23.4. The second-order valence-electron chi connectivity index (χ2n) is 7.44. The van der Waals surface area contributed by atoms with Crippen LogP contribution in [0.5, 0.6) is 0 Å². The van der Waals surface area contributed by atoms with Crippen molar-refractivity contribution in [3.8, 4) is 11.4 Å². The highest BCUT2D eigenvalue weighted by Gasteiger charge is 2.12. The number of hydrogen-bond acceptors (Lipinski definition) is 4. The molecule has 2 aromatic carbocycles. The van der Waals surface area contributed by atoms with E-state index in [0.29, 0.717) is 22.9 Å². The van der Waals surface area contributed by atoms with Gasteiger partial charge in [-0.15, -0.1) is 0 Å². The Morgan fingerprint density at radius 2 is 2.00 bits per heavy atom. The first-order valence-corrected chi connectivity index (χ1v) is 10.4. The van der Waals surface area contributed by atoms with E-state index in [1.807, 2.05) is 50.3 Å². The van der Waals surface area contributed by atoms with Crippen LogP contribution in [0.3, 0.4) is 0 Å². The highest BCUT2D eigenvalue weighted by atomic mass is 19.3. The number of halogens is 2. The minimum absolute atomic E-state index is 0.0362. The van der Waals surface area contributed by atoms with E-state index in [1.165, 1.54) is 12.1 Å². The van der Waals surface area contributed by atoms with Crippen LogP contribution in [0, 0.1) is 6.92 Å². The number of nitrogens with one attached hydrogen (secondary N) is 2. The lowest BCUT2D eigenvalue weighted by Gasteiger charge is -2.09. The molecule has 166 valence electrons. The van der Waals surface area contributed by atoms with Crippen LogP contribution in [0.2, 0.25) is 0 Å². The molecular formula is C26H23F2N5. The summed E-state index contributed by atoms with van der Waals surface area (Å²) in [5.41, 5.74) is 5.49. The summed E-state index contributed by atoms with van der Waals surface area (Å²) in [6, 6.07) is 11.9. The molecule has 7 heteroatoms. The van der Waals surface area contributed by atoms with Crippen LogP contribution in [0.4, 0.5) is 20.4 Å². The number of nitrogens with zero attached hydrogens (tertiary/aromatic N) is 3. The van der Waals surface area contributed by atoms with Gasteiger partial charge in [0.1, 0.15) is 5.82 Å². The first-order chi connectivity index (χ1) is 16.0. The van der Waals surface area contributed by atoms with Crippen molar-refractivity contribution in [3.63, 3.8) is 0 Å². The number of H-pyrrole nitrogens is 1. The van der Waals surface area contributed by atoms with Gasteiger partial charge in [0.2, 0.25) is 5.95 Å². The summed E-state index contributed by atoms with van der Waals surface area (Å²) in [6.07, 6.45) is 6.70. The van der Waals surface area contributed by atoms with Gasteiger partial charge in [0.05, 0.1) is 16.7 Å². The SMILES string of the molecule is C=CC(=CC=CC)c1ccnc(Nc2cc3nc(-c4cccc(C(F)F)c4)[nH]c3cc2C)n1. The van der Waals surface area contributed by atoms with E-state index in [0.717, 1.165) is 28.0 Å². The molecule has 2 aromatic heterocycles. The van der Waals surface area contributed by atoms with Crippen LogP contribution in [0.25, 0.3) is 28.0 Å². The third-order valence-electron chi connectivity index (χ3n) is 5.13. The van der Waals surface area contributed by atoms with Gasteiger partial charge in [-0.2, -0.15) is 0 Å². The van der Waals surface area contributed by atoms with Gasteiger partial charge in [-0.05, 0) is 49.2 Å². The number of alkyl halides is 2. The van der Waals surface area contributed by atoms with Crippen molar-refractivity contribution in [2.45, 2.75) is 20.3 Å². The predicted molar refractivity (Wildman–Crippen MR) is 130 cm³/mol. The molecule has 0 unspecified atom stereocenters. The van der Waals surface area contributed by atoms with Crippen molar-refractivity contribution in [2.24, 2.45) is 0 Å². The molecule has 0 fully saturated rings. The van der Waals surface area contributed by atoms with Crippen molar-refractivity contribution in [2.75, 3.05) is 5.32 Å². The van der Waals surface area contributed by atoms with Gasteiger partial charge in [-0.3, -0.25) is 0 Å². The minimum atomic E-state index is -2.53. The van der Waals surface area contributed by atoms with Gasteiger partial charge in [-0.1, -0.05) is 49.1 Å². The number of aromatic amines is 1. The van der Waals surface area contributed by atoms with E-state index in [2.05, 4.69) is 31.8 Å². The largest absolute Gasteiger partial charge is 0.338 e. The predicted octanol–water partition coefficient (Wildman–Crippen LogP) is 7.16. The number of hydrogen-bond donors (Lipinski definition) is 2. The van der Waals surface area contributed by atoms with E-state index in [9.17, 15) is 8.78 Å². The summed E-state index contributed by atoms with van der Waals surface area (Å²) in [4.78, 5) is 16.8. The summed E-state index contributed by atoms with van der Waals surface area (Å²) in [6.45, 7) is 7.76. The Morgan fingerprint density at radius 1 is 1.15 bits per heavy atom. The Kier molecular flexibility index (Phi) is 6.40. The second kappa shape index (κ2) is 9.56. The molecule has 0 spiro atoms. The molecule has 0 amide bonds. The summed E-state index contributed by atoms with van der Waals surface area (Å²) < 4.78 is 26.2. The molecule has 0 aliphatic heterocycles. The smallest absolute Gasteiger partial charge is 0.263 e. The number of benzene rings is 2. The normalized spacial score (nSPS) is 12.1. The summed E-state index contributed by atoms with van der Waals surface area (Å²) in [7, 11) is 0. The second-order valence-corrected chi connectivity index (χ2v) is 7.44. The molecule has 4 aromatic rings. The first-order valence-electron chi connectivity index (χ1n) is 10.4. The minimum Gasteiger partial charge on any atom is -0.338 e. The zero-order valence-electron chi connectivity index (χ0n) is 18.3. The summed E-state index contributed by atoms with van der Waals surface area (Å²) >= 11 is 0. The lowest BCUT2D eigenvalue weighted by atomic mass is 10.1. The van der Waals surface area contributed by atoms with Crippen LogP contribution < -0.4 is 5.32 Å². The maximum absolute atomic E-state index is 13.1. The highest BCUT2D eigenvalue weighted by Crippen LogP contribution is 2.29. The lowest BCUT2D eigenvalue weighted by Crippen LogP contribution is -2.00. The Bertz CT molecular complexity index is 1370. The Labute approximate surface area is 190 Å². The maximum atomic E-state index is 13.1. The number of rotatable bonds is 7. The Morgan fingerprint density at radius 3 is 2.76 bits per heavy atom. The molecule has 0 aliphatic rings. The maximum Gasteiger partial charge on any atom is 0.263 e. The molecule has 33 heavy (non-hydrogen) atoms. The van der Waals surface area contributed by atoms with E-state index in [1.54, 1.807) is 24.4 Å². The number of fused-ring (bicyclic) bond motifs is 1. The molecule has 0 aliphatic carbocycles. The molecule has 0 saturated carbocycles. The van der Waals surface area contributed by atoms with Crippen molar-refractivity contribution >= 4 is 28.2 Å². The fraction of sp³-hybridized carbons (Fsp3) is 0.115. The van der Waals surface area contributed by atoms with Crippen molar-refractivity contribution in [1.82, 2.24) is 19.9 Å². The fourth-order valence-electron chi connectivity index (χ4n) is 3.42. The zero-order valence-corrected chi connectivity index (χ0v) is 18.3. The number of aryl methyl sites for hydroxylation is 1. The van der Waals surface area contributed by atoms with Crippen LogP contribution in [-0.2, 0) is 0 Å². The summed E-state index contributed by atoms with van der Waals surface area (Å²) in [5, 5.41) is 3.26. The van der Waals surface area contributed by atoms with Crippen molar-refractivity contribution < 1.29 is 8.78 Å². The van der Waals surface area contributed by atoms with Crippen LogP contribution in [-0.4, -0.2) is 19.9 Å². The quantitative estimate of drug-likeness (QED) is 0.298. The van der Waals surface area contributed by atoms with Gasteiger partial charge in [0.15, 0.2) is 0 Å². The average molecular weight is 444 g/mol. The molecule has 0 atom stereocenters. The van der Waals surface area contributed by atoms with Crippen LogP contribution >= 0.6 is 0 Å². The molecule has 4 rings (SSSR count). The molecule has 5 nitrogen and oxygen atoms in total. The highest BCUT2D eigenvalue weighted by molar-refractivity contribution is 5.85. The van der Waals surface area contributed by atoms with E-state index in [4.69, 9.17) is 0 Å². The number of anilines is 2. The van der Waals surface area contributed by atoms with Crippen LogP contribution in [0.15, 0.2) is 79.5 Å². The topological polar surface area (TPSA) is 66.5 Å². The van der Waals surface area contributed by atoms with E-state index >= 15 is 0 Å². The van der Waals surface area contributed by atoms with Gasteiger partial charge in [0.25, 0.3) is 6.43 Å². The Balaban J connectivity index is 1.66. The standard InChI is InChI=1S/C26H23F2N5/c1-4-6-8-17(5-2)20-11-12-29-26(32-20)33-21-15-23-22(13-16(21)3)30-25(31-23)19-10-7-9-18(14-19)24(27)28/h4-15,24H,2H2,1,3H3,(H,30,31)(H,29,32,33). The molecule has 0 radical (unpaired) electrons. The molecular weight excluding hydrogens is 420 g/mol. The van der Waals surface area contributed by atoms with Crippen LogP contribution in [0.1, 0.15) is 30.2 Å². The van der Waals surface area contributed by atoms with Gasteiger partial charge >= 0.3 is 0 Å². The monoisotopic (exact) mass is 443 g/mol. The Hall–Kier alpha value is -4.13. The molecule has 0 bridgehead atoms.